The minimum atomic E-state index is -1.35. The molecule has 0 fully saturated rings. The predicted octanol–water partition coefficient (Wildman–Crippen LogP) is -1.20. The molecule has 31 heavy (non-hydrogen) atoms. The van der Waals surface area contributed by atoms with Gasteiger partial charge in [-0.15, -0.1) is 0 Å². The fourth-order valence-electron chi connectivity index (χ4n) is 2.05. The largest absolute Gasteiger partial charge is 0.481 e. The van der Waals surface area contributed by atoms with Crippen LogP contribution in [-0.2, 0) is 38.2 Å². The van der Waals surface area contributed by atoms with Gasteiger partial charge in [0.15, 0.2) is 0 Å². The quantitative estimate of drug-likeness (QED) is 0.182. The third kappa shape index (κ3) is 16.7. The summed E-state index contributed by atoms with van der Waals surface area (Å²) in [5, 5.41) is 35.9. The Morgan fingerprint density at radius 3 is 1.48 bits per heavy atom. The van der Waals surface area contributed by atoms with Crippen molar-refractivity contribution in [2.75, 3.05) is 26.4 Å². The monoisotopic (exact) mass is 450 g/mol. The zero-order valence-corrected chi connectivity index (χ0v) is 17.8. The van der Waals surface area contributed by atoms with Crippen molar-refractivity contribution < 1.29 is 58.7 Å². The average Bonchev–Trinajstić information content (AvgIpc) is 2.62. The zero-order valence-electron chi connectivity index (χ0n) is 17.8. The topological polar surface area (TPSA) is 202 Å². The molecule has 0 aromatic rings. The van der Waals surface area contributed by atoms with Gasteiger partial charge in [-0.05, 0) is 27.2 Å². The lowest BCUT2D eigenvalue weighted by atomic mass is 9.85. The first-order valence-corrected chi connectivity index (χ1v) is 9.18. The van der Waals surface area contributed by atoms with Gasteiger partial charge in [-0.1, -0.05) is 0 Å². The van der Waals surface area contributed by atoms with Gasteiger partial charge in [-0.25, -0.2) is 0 Å². The second-order valence-electron chi connectivity index (χ2n) is 7.00. The van der Waals surface area contributed by atoms with E-state index in [9.17, 15) is 44.1 Å². The third-order valence-corrected chi connectivity index (χ3v) is 3.58. The van der Waals surface area contributed by atoms with Crippen LogP contribution in [0.1, 0.15) is 46.5 Å². The fourth-order valence-corrected chi connectivity index (χ4v) is 2.05. The predicted molar refractivity (Wildman–Crippen MR) is 103 cm³/mol. The standard InChI is InChI=1S/C15H24O9.C4H6O3/c1-10(19)3-13(21)23-6-12(24-14(22)4-11(2)20)5-15(7-16,8-17)9-18;1-3(5)2-4(6)7/h12,16-18H,3-9H2,1-2H3;2H2,1H3,(H,6,7). The molecule has 0 saturated heterocycles. The maximum atomic E-state index is 11.6. The second-order valence-corrected chi connectivity index (χ2v) is 7.00. The van der Waals surface area contributed by atoms with Gasteiger partial charge in [-0.3, -0.25) is 28.8 Å². The van der Waals surface area contributed by atoms with E-state index in [0.717, 1.165) is 0 Å². The van der Waals surface area contributed by atoms with Crippen LogP contribution in [0.3, 0.4) is 0 Å². The normalized spacial score (nSPS) is 11.4. The SMILES string of the molecule is CC(=O)CC(=O)O.CC(=O)CC(=O)OCC(CC(CO)(CO)CO)OC(=O)CC(C)=O. The molecule has 0 rings (SSSR count). The molecule has 0 amide bonds. The molecule has 0 aromatic heterocycles. The van der Waals surface area contributed by atoms with Gasteiger partial charge in [0.25, 0.3) is 0 Å². The number of aliphatic carboxylic acids is 1. The van der Waals surface area contributed by atoms with Crippen LogP contribution in [0.15, 0.2) is 0 Å². The van der Waals surface area contributed by atoms with Gasteiger partial charge >= 0.3 is 17.9 Å². The fraction of sp³-hybridized carbons (Fsp3) is 0.684. The molecule has 0 saturated carbocycles. The Balaban J connectivity index is 0. The summed E-state index contributed by atoms with van der Waals surface area (Å²) in [4.78, 5) is 64.3. The van der Waals surface area contributed by atoms with Crippen LogP contribution in [0.4, 0.5) is 0 Å². The molecule has 1 atom stereocenters. The van der Waals surface area contributed by atoms with Crippen molar-refractivity contribution in [1.29, 1.82) is 0 Å². The maximum Gasteiger partial charge on any atom is 0.313 e. The Hall–Kier alpha value is -2.70. The maximum absolute atomic E-state index is 11.6. The lowest BCUT2D eigenvalue weighted by Crippen LogP contribution is -2.40. The number of hydrogen-bond donors (Lipinski definition) is 4. The number of carboxylic acid groups (broad SMARTS) is 1. The first-order valence-electron chi connectivity index (χ1n) is 9.18. The summed E-state index contributed by atoms with van der Waals surface area (Å²) >= 11 is 0. The summed E-state index contributed by atoms with van der Waals surface area (Å²) in [5.41, 5.74) is -1.35. The summed E-state index contributed by atoms with van der Waals surface area (Å²) in [6, 6.07) is 0. The highest BCUT2D eigenvalue weighted by molar-refractivity contribution is 5.95. The molecule has 12 nitrogen and oxygen atoms in total. The van der Waals surface area contributed by atoms with Gasteiger partial charge in [0, 0.05) is 5.41 Å². The average molecular weight is 450 g/mol. The molecule has 0 aliphatic carbocycles. The molecule has 0 aliphatic heterocycles. The van der Waals surface area contributed by atoms with E-state index in [1.807, 2.05) is 0 Å². The number of ether oxygens (including phenoxy) is 2. The Morgan fingerprint density at radius 2 is 1.16 bits per heavy atom. The van der Waals surface area contributed by atoms with Gasteiger partial charge in [-0.2, -0.15) is 0 Å². The van der Waals surface area contributed by atoms with Crippen molar-refractivity contribution in [3.8, 4) is 0 Å². The van der Waals surface area contributed by atoms with Crippen LogP contribution in [0.2, 0.25) is 0 Å². The van der Waals surface area contributed by atoms with E-state index in [2.05, 4.69) is 0 Å². The van der Waals surface area contributed by atoms with Crippen LogP contribution < -0.4 is 0 Å². The third-order valence-electron chi connectivity index (χ3n) is 3.58. The number of esters is 2. The molecular weight excluding hydrogens is 420 g/mol. The van der Waals surface area contributed by atoms with Crippen LogP contribution in [0.5, 0.6) is 0 Å². The Kier molecular flexibility index (Phi) is 15.8. The number of aliphatic hydroxyl groups excluding tert-OH is 3. The minimum Gasteiger partial charge on any atom is -0.481 e. The van der Waals surface area contributed by atoms with Crippen molar-refractivity contribution in [1.82, 2.24) is 0 Å². The van der Waals surface area contributed by atoms with Crippen molar-refractivity contribution in [2.45, 2.75) is 52.6 Å². The number of hydrogen-bond acceptors (Lipinski definition) is 11. The number of Topliss-reactive ketones (excluding diaryl/α,β-unsaturated/α-hetero) is 3. The number of carbonyl (C=O) groups excluding carboxylic acids is 5. The summed E-state index contributed by atoms with van der Waals surface area (Å²) in [7, 11) is 0. The molecule has 0 heterocycles. The number of rotatable bonds is 14. The Bertz CT molecular complexity index is 616. The van der Waals surface area contributed by atoms with E-state index in [4.69, 9.17) is 14.6 Å². The molecular formula is C19H30O12. The van der Waals surface area contributed by atoms with E-state index in [1.165, 1.54) is 20.8 Å². The van der Waals surface area contributed by atoms with Crippen molar-refractivity contribution in [3.05, 3.63) is 0 Å². The Labute approximate surface area is 179 Å². The summed E-state index contributed by atoms with van der Waals surface area (Å²) in [5.74, 6) is -3.89. The van der Waals surface area contributed by atoms with E-state index in [1.54, 1.807) is 0 Å². The van der Waals surface area contributed by atoms with Crippen LogP contribution >= 0.6 is 0 Å². The van der Waals surface area contributed by atoms with Crippen LogP contribution in [0.25, 0.3) is 0 Å². The highest BCUT2D eigenvalue weighted by Crippen LogP contribution is 2.24. The second kappa shape index (κ2) is 16.1. The molecule has 178 valence electrons. The number of ketones is 3. The van der Waals surface area contributed by atoms with Gasteiger partial charge in [0.1, 0.15) is 49.3 Å². The number of aliphatic hydroxyl groups is 3. The van der Waals surface area contributed by atoms with Crippen LogP contribution in [-0.4, -0.2) is 88.2 Å². The first-order chi connectivity index (χ1) is 14.3. The first kappa shape index (κ1) is 30.5. The van der Waals surface area contributed by atoms with Gasteiger partial charge < -0.3 is 29.9 Å². The smallest absolute Gasteiger partial charge is 0.313 e. The van der Waals surface area contributed by atoms with E-state index in [-0.39, 0.29) is 18.6 Å². The molecule has 1 unspecified atom stereocenters. The molecule has 0 radical (unpaired) electrons. The van der Waals surface area contributed by atoms with Crippen molar-refractivity contribution in [3.63, 3.8) is 0 Å². The van der Waals surface area contributed by atoms with Gasteiger partial charge in [0.2, 0.25) is 0 Å². The van der Waals surface area contributed by atoms with Gasteiger partial charge in [0.05, 0.1) is 19.8 Å². The zero-order chi connectivity index (χ0) is 24.6. The van der Waals surface area contributed by atoms with E-state index in [0.29, 0.717) is 0 Å². The van der Waals surface area contributed by atoms with Crippen molar-refractivity contribution in [2.24, 2.45) is 5.41 Å². The van der Waals surface area contributed by atoms with Crippen LogP contribution in [0, 0.1) is 5.41 Å². The molecule has 4 N–H and O–H groups in total. The number of carboxylic acids is 1. The lowest BCUT2D eigenvalue weighted by molar-refractivity contribution is -0.164. The van der Waals surface area contributed by atoms with Crippen molar-refractivity contribution >= 4 is 35.3 Å². The summed E-state index contributed by atoms with van der Waals surface area (Å²) in [6.07, 6.45) is -2.59. The van der Waals surface area contributed by atoms with E-state index < -0.39 is 80.3 Å². The minimum absolute atomic E-state index is 0.201. The molecule has 0 aliphatic rings. The molecule has 12 heteroatoms. The molecule has 0 bridgehead atoms. The summed E-state index contributed by atoms with van der Waals surface area (Å²) < 4.78 is 9.86. The highest BCUT2D eigenvalue weighted by Gasteiger charge is 2.34. The molecule has 0 spiro atoms. The highest BCUT2D eigenvalue weighted by atomic mass is 16.6. The molecule has 0 aromatic carbocycles. The van der Waals surface area contributed by atoms with E-state index >= 15 is 0 Å². The Morgan fingerprint density at radius 1 is 0.742 bits per heavy atom. The summed E-state index contributed by atoms with van der Waals surface area (Å²) in [6.45, 7) is 1.43. The lowest BCUT2D eigenvalue weighted by Gasteiger charge is -2.31. The number of carbonyl (C=O) groups is 6.